The first kappa shape index (κ1) is 14.6. The number of hydrogen-bond acceptors (Lipinski definition) is 2. The van der Waals surface area contributed by atoms with E-state index in [0.717, 1.165) is 17.4 Å². The van der Waals surface area contributed by atoms with Gasteiger partial charge >= 0.3 is 0 Å². The van der Waals surface area contributed by atoms with Crippen molar-refractivity contribution in [2.24, 2.45) is 0 Å². The second kappa shape index (κ2) is 7.07. The molecule has 0 spiro atoms. The molecular weight excluding hydrogens is 298 g/mol. The van der Waals surface area contributed by atoms with E-state index in [1.54, 1.807) is 11.8 Å². The summed E-state index contributed by atoms with van der Waals surface area (Å²) in [7, 11) is 0. The molecule has 2 nitrogen and oxygen atoms in total. The van der Waals surface area contributed by atoms with Crippen LogP contribution in [-0.4, -0.2) is 18.2 Å². The third-order valence-electron chi connectivity index (χ3n) is 2.39. The molecule has 1 amide bonds. The van der Waals surface area contributed by atoms with Gasteiger partial charge in [-0.25, -0.2) is 0 Å². The topological polar surface area (TPSA) is 29.1 Å². The van der Waals surface area contributed by atoms with Crippen LogP contribution in [0.3, 0.4) is 0 Å². The largest absolute Gasteiger partial charge is 0.355 e. The van der Waals surface area contributed by atoms with Crippen molar-refractivity contribution in [3.05, 3.63) is 27.7 Å². The molecule has 94 valence electrons. The van der Waals surface area contributed by atoms with Crippen molar-refractivity contribution in [1.29, 1.82) is 0 Å². The van der Waals surface area contributed by atoms with Gasteiger partial charge in [0.1, 0.15) is 0 Å². The Balaban J connectivity index is 2.57. The van der Waals surface area contributed by atoms with Gasteiger partial charge in [0.2, 0.25) is 5.91 Å². The summed E-state index contributed by atoms with van der Waals surface area (Å²) >= 11 is 5.10. The molecule has 0 radical (unpaired) electrons. The third-order valence-corrected chi connectivity index (χ3v) is 4.40. The predicted molar refractivity (Wildman–Crippen MR) is 77.6 cm³/mol. The minimum Gasteiger partial charge on any atom is -0.355 e. The number of halogens is 1. The molecule has 0 unspecified atom stereocenters. The van der Waals surface area contributed by atoms with Crippen LogP contribution in [0, 0.1) is 13.8 Å². The summed E-state index contributed by atoms with van der Waals surface area (Å²) in [5, 5.41) is 2.88. The van der Waals surface area contributed by atoms with Crippen LogP contribution >= 0.6 is 27.7 Å². The van der Waals surface area contributed by atoms with Crippen molar-refractivity contribution < 1.29 is 4.79 Å². The molecule has 1 rings (SSSR count). The zero-order chi connectivity index (χ0) is 12.8. The number of carbonyl (C=O) groups is 1. The maximum Gasteiger partial charge on any atom is 0.230 e. The van der Waals surface area contributed by atoms with E-state index in [1.807, 2.05) is 0 Å². The minimum atomic E-state index is 0.108. The number of aryl methyl sites for hydroxylation is 2. The highest BCUT2D eigenvalue weighted by molar-refractivity contribution is 9.10. The maximum absolute atomic E-state index is 11.5. The van der Waals surface area contributed by atoms with Gasteiger partial charge in [-0.05, 0) is 43.5 Å². The SMILES string of the molecule is CCCNC(=O)CSc1cc(C)c(Br)cc1C. The molecule has 1 aromatic carbocycles. The van der Waals surface area contributed by atoms with Crippen molar-refractivity contribution in [2.75, 3.05) is 12.3 Å². The van der Waals surface area contributed by atoms with E-state index in [9.17, 15) is 4.79 Å². The van der Waals surface area contributed by atoms with E-state index in [4.69, 9.17) is 0 Å². The highest BCUT2D eigenvalue weighted by Gasteiger charge is 2.06. The number of benzene rings is 1. The molecule has 0 saturated carbocycles. The number of nitrogens with one attached hydrogen (secondary N) is 1. The van der Waals surface area contributed by atoms with Gasteiger partial charge < -0.3 is 5.32 Å². The van der Waals surface area contributed by atoms with E-state index in [1.165, 1.54) is 16.0 Å². The number of amides is 1. The average Bonchev–Trinajstić information content (AvgIpc) is 2.29. The second-order valence-corrected chi connectivity index (χ2v) is 5.88. The van der Waals surface area contributed by atoms with Crippen LogP contribution in [-0.2, 0) is 4.79 Å². The van der Waals surface area contributed by atoms with Crippen molar-refractivity contribution in [1.82, 2.24) is 5.32 Å². The van der Waals surface area contributed by atoms with Crippen LogP contribution < -0.4 is 5.32 Å². The summed E-state index contributed by atoms with van der Waals surface area (Å²) in [6.07, 6.45) is 0.979. The van der Waals surface area contributed by atoms with Gasteiger partial charge in [0.15, 0.2) is 0 Å². The van der Waals surface area contributed by atoms with E-state index >= 15 is 0 Å². The lowest BCUT2D eigenvalue weighted by Gasteiger charge is -2.08. The molecule has 0 aliphatic rings. The quantitative estimate of drug-likeness (QED) is 0.840. The summed E-state index contributed by atoms with van der Waals surface area (Å²) in [5.41, 5.74) is 2.41. The van der Waals surface area contributed by atoms with Gasteiger partial charge in [0.05, 0.1) is 5.75 Å². The molecule has 4 heteroatoms. The monoisotopic (exact) mass is 315 g/mol. The van der Waals surface area contributed by atoms with Gasteiger partial charge in [-0.1, -0.05) is 22.9 Å². The number of hydrogen-bond donors (Lipinski definition) is 1. The van der Waals surface area contributed by atoms with Crippen LogP contribution in [0.15, 0.2) is 21.5 Å². The molecule has 1 N–H and O–H groups in total. The first-order valence-corrected chi connectivity index (χ1v) is 7.48. The van der Waals surface area contributed by atoms with Crippen LogP contribution in [0.5, 0.6) is 0 Å². The Labute approximate surface area is 116 Å². The highest BCUT2D eigenvalue weighted by Crippen LogP contribution is 2.28. The Morgan fingerprint density at radius 2 is 2.06 bits per heavy atom. The fraction of sp³-hybridized carbons (Fsp3) is 0.462. The van der Waals surface area contributed by atoms with E-state index in [2.05, 4.69) is 54.2 Å². The maximum atomic E-state index is 11.5. The molecule has 0 heterocycles. The van der Waals surface area contributed by atoms with Crippen molar-refractivity contribution >= 4 is 33.6 Å². The van der Waals surface area contributed by atoms with Crippen molar-refractivity contribution in [3.8, 4) is 0 Å². The first-order valence-electron chi connectivity index (χ1n) is 5.70. The van der Waals surface area contributed by atoms with E-state index in [0.29, 0.717) is 5.75 Å². The average molecular weight is 316 g/mol. The van der Waals surface area contributed by atoms with Crippen molar-refractivity contribution in [3.63, 3.8) is 0 Å². The molecule has 0 aliphatic heterocycles. The van der Waals surface area contributed by atoms with Crippen LogP contribution in [0.4, 0.5) is 0 Å². The predicted octanol–water partition coefficient (Wildman–Crippen LogP) is 3.68. The zero-order valence-corrected chi connectivity index (χ0v) is 12.9. The Hall–Kier alpha value is -0.480. The van der Waals surface area contributed by atoms with Gasteiger partial charge in [-0.3, -0.25) is 4.79 Å². The second-order valence-electron chi connectivity index (χ2n) is 4.01. The Morgan fingerprint density at radius 1 is 1.35 bits per heavy atom. The molecule has 0 aliphatic carbocycles. The highest BCUT2D eigenvalue weighted by atomic mass is 79.9. The summed E-state index contributed by atoms with van der Waals surface area (Å²) in [6.45, 7) is 6.94. The molecule has 0 fully saturated rings. The minimum absolute atomic E-state index is 0.108. The molecule has 1 aromatic rings. The lowest BCUT2D eigenvalue weighted by atomic mass is 10.2. The Bertz CT molecular complexity index is 407. The molecule has 0 atom stereocenters. The number of thioether (sulfide) groups is 1. The van der Waals surface area contributed by atoms with E-state index < -0.39 is 0 Å². The first-order chi connectivity index (χ1) is 8.04. The smallest absolute Gasteiger partial charge is 0.230 e. The van der Waals surface area contributed by atoms with Crippen LogP contribution in [0.1, 0.15) is 24.5 Å². The van der Waals surface area contributed by atoms with Gasteiger partial charge in [-0.15, -0.1) is 11.8 Å². The lowest BCUT2D eigenvalue weighted by molar-refractivity contribution is -0.118. The molecular formula is C13H18BrNOS. The van der Waals surface area contributed by atoms with Gasteiger partial charge in [0, 0.05) is 15.9 Å². The zero-order valence-electron chi connectivity index (χ0n) is 10.5. The molecule has 0 saturated heterocycles. The number of carbonyl (C=O) groups excluding carboxylic acids is 1. The fourth-order valence-corrected chi connectivity index (χ4v) is 2.76. The Morgan fingerprint density at radius 3 is 2.71 bits per heavy atom. The van der Waals surface area contributed by atoms with Crippen molar-refractivity contribution in [2.45, 2.75) is 32.1 Å². The van der Waals surface area contributed by atoms with Gasteiger partial charge in [-0.2, -0.15) is 0 Å². The summed E-state index contributed by atoms with van der Waals surface area (Å²) in [6, 6.07) is 4.22. The number of rotatable bonds is 5. The van der Waals surface area contributed by atoms with Gasteiger partial charge in [0.25, 0.3) is 0 Å². The van der Waals surface area contributed by atoms with Crippen LogP contribution in [0.25, 0.3) is 0 Å². The van der Waals surface area contributed by atoms with E-state index in [-0.39, 0.29) is 5.91 Å². The summed E-state index contributed by atoms with van der Waals surface area (Å²) < 4.78 is 1.12. The third kappa shape index (κ3) is 4.72. The fourth-order valence-electron chi connectivity index (χ4n) is 1.37. The summed E-state index contributed by atoms with van der Waals surface area (Å²) in [4.78, 5) is 12.7. The Kier molecular flexibility index (Phi) is 6.06. The molecule has 17 heavy (non-hydrogen) atoms. The molecule has 0 aromatic heterocycles. The molecule has 0 bridgehead atoms. The lowest BCUT2D eigenvalue weighted by Crippen LogP contribution is -2.25. The summed E-state index contributed by atoms with van der Waals surface area (Å²) in [5.74, 6) is 0.596. The standard InChI is InChI=1S/C13H18BrNOS/c1-4-5-15-13(16)8-17-12-7-9(2)11(14)6-10(12)3/h6-7H,4-5,8H2,1-3H3,(H,15,16). The normalized spacial score (nSPS) is 10.4. The van der Waals surface area contributed by atoms with Crippen LogP contribution in [0.2, 0.25) is 0 Å².